The fourth-order valence-corrected chi connectivity index (χ4v) is 4.86. The smallest absolute Gasteiger partial charge is 0.319 e. The molecule has 2 heterocycles. The van der Waals surface area contributed by atoms with Crippen LogP contribution in [0.2, 0.25) is 5.02 Å². The van der Waals surface area contributed by atoms with Crippen molar-refractivity contribution in [3.05, 3.63) is 70.5 Å². The third-order valence-corrected chi connectivity index (χ3v) is 6.37. The summed E-state index contributed by atoms with van der Waals surface area (Å²) in [6.45, 7) is 4.71. The molecule has 2 aliphatic rings. The summed E-state index contributed by atoms with van der Waals surface area (Å²) in [5.74, 6) is -0.256. The van der Waals surface area contributed by atoms with Crippen LogP contribution in [0.25, 0.3) is 6.08 Å². The summed E-state index contributed by atoms with van der Waals surface area (Å²) >= 11 is 6.09. The van der Waals surface area contributed by atoms with Crippen LogP contribution < -0.4 is 10.6 Å². The third kappa shape index (κ3) is 5.72. The summed E-state index contributed by atoms with van der Waals surface area (Å²) in [7, 11) is 0. The first-order valence-corrected chi connectivity index (χ1v) is 11.6. The largest absolute Gasteiger partial charge is 0.338 e. The summed E-state index contributed by atoms with van der Waals surface area (Å²) in [5, 5.41) is 5.96. The second kappa shape index (κ2) is 10.4. The number of nitrogens with one attached hydrogen (secondary N) is 2. The van der Waals surface area contributed by atoms with Gasteiger partial charge in [-0.25, -0.2) is 9.18 Å². The highest BCUT2D eigenvalue weighted by Gasteiger charge is 2.41. The fraction of sp³-hybridized carbons (Fsp3) is 0.360. The van der Waals surface area contributed by atoms with Gasteiger partial charge in [0.2, 0.25) is 5.91 Å². The molecule has 0 radical (unpaired) electrons. The molecule has 2 N–H and O–H groups in total. The predicted molar refractivity (Wildman–Crippen MR) is 129 cm³/mol. The SMILES string of the molecule is CCNC(=O)Nc1cc(Cl)ccc1C=CC(=O)N1C2CCC1CN(Cc1ccc(F)cc1)C2. The standard InChI is InChI=1S/C25H28ClFN4O2/c1-2-28-25(33)29-23-13-19(26)7-5-18(23)6-12-24(32)31-21-10-11-22(31)16-30(15-21)14-17-3-8-20(27)9-4-17/h3-9,12-13,21-22H,2,10-11,14-16H2,1H3,(H2,28,29,33). The molecule has 2 atom stereocenters. The number of carbonyl (C=O) groups excluding carboxylic acids is 2. The molecule has 2 saturated heterocycles. The Morgan fingerprint density at radius 3 is 2.48 bits per heavy atom. The van der Waals surface area contributed by atoms with E-state index in [4.69, 9.17) is 11.6 Å². The summed E-state index contributed by atoms with van der Waals surface area (Å²) < 4.78 is 13.2. The van der Waals surface area contributed by atoms with Crippen molar-refractivity contribution in [1.82, 2.24) is 15.1 Å². The Labute approximate surface area is 198 Å². The Bertz CT molecular complexity index is 1030. The second-order valence-electron chi connectivity index (χ2n) is 8.50. The minimum absolute atomic E-state index is 0.0251. The van der Waals surface area contributed by atoms with Crippen LogP contribution in [0.3, 0.4) is 0 Å². The van der Waals surface area contributed by atoms with E-state index in [1.165, 1.54) is 12.1 Å². The van der Waals surface area contributed by atoms with Gasteiger partial charge in [0.1, 0.15) is 5.82 Å². The quantitative estimate of drug-likeness (QED) is 0.610. The summed E-state index contributed by atoms with van der Waals surface area (Å²) in [6.07, 6.45) is 5.27. The first-order valence-electron chi connectivity index (χ1n) is 11.2. The molecular weight excluding hydrogens is 443 g/mol. The predicted octanol–water partition coefficient (Wildman–Crippen LogP) is 4.51. The Hall–Kier alpha value is -2.90. The number of benzene rings is 2. The van der Waals surface area contributed by atoms with Gasteiger partial charge < -0.3 is 15.5 Å². The van der Waals surface area contributed by atoms with E-state index in [0.717, 1.165) is 38.0 Å². The maximum atomic E-state index is 13.2. The van der Waals surface area contributed by atoms with E-state index < -0.39 is 0 Å². The average Bonchev–Trinajstić information content (AvgIpc) is 3.05. The molecular formula is C25H28ClFN4O2. The zero-order valence-electron chi connectivity index (χ0n) is 18.6. The van der Waals surface area contributed by atoms with Crippen molar-refractivity contribution in [1.29, 1.82) is 0 Å². The number of urea groups is 1. The van der Waals surface area contributed by atoms with Gasteiger partial charge in [-0.05, 0) is 61.2 Å². The van der Waals surface area contributed by atoms with Crippen molar-refractivity contribution in [3.8, 4) is 0 Å². The highest BCUT2D eigenvalue weighted by atomic mass is 35.5. The molecule has 0 aromatic heterocycles. The molecule has 0 aliphatic carbocycles. The van der Waals surface area contributed by atoms with Gasteiger partial charge in [0, 0.05) is 49.4 Å². The van der Waals surface area contributed by atoms with E-state index in [1.54, 1.807) is 30.4 Å². The van der Waals surface area contributed by atoms with Crippen molar-refractivity contribution in [2.75, 3.05) is 25.0 Å². The maximum Gasteiger partial charge on any atom is 0.319 e. The van der Waals surface area contributed by atoms with Crippen LogP contribution in [0, 0.1) is 5.82 Å². The van der Waals surface area contributed by atoms with Crippen molar-refractivity contribution < 1.29 is 14.0 Å². The van der Waals surface area contributed by atoms with Gasteiger partial charge in [-0.3, -0.25) is 9.69 Å². The van der Waals surface area contributed by atoms with Crippen molar-refractivity contribution in [2.24, 2.45) is 0 Å². The number of rotatable bonds is 6. The van der Waals surface area contributed by atoms with Crippen molar-refractivity contribution in [3.63, 3.8) is 0 Å². The lowest BCUT2D eigenvalue weighted by molar-refractivity contribution is -0.131. The molecule has 33 heavy (non-hydrogen) atoms. The Morgan fingerprint density at radius 2 is 1.82 bits per heavy atom. The van der Waals surface area contributed by atoms with Crippen LogP contribution in [-0.4, -0.2) is 53.5 Å². The van der Waals surface area contributed by atoms with E-state index in [9.17, 15) is 14.0 Å². The lowest BCUT2D eigenvalue weighted by Gasteiger charge is -2.40. The zero-order valence-corrected chi connectivity index (χ0v) is 19.3. The Kier molecular flexibility index (Phi) is 7.30. The maximum absolute atomic E-state index is 13.2. The van der Waals surface area contributed by atoms with Crippen molar-refractivity contribution >= 4 is 35.3 Å². The highest BCUT2D eigenvalue weighted by Crippen LogP contribution is 2.31. The first kappa shape index (κ1) is 23.3. The van der Waals surface area contributed by atoms with E-state index in [1.807, 2.05) is 24.0 Å². The fourth-order valence-electron chi connectivity index (χ4n) is 4.68. The van der Waals surface area contributed by atoms with E-state index >= 15 is 0 Å². The molecule has 2 fully saturated rings. The number of amides is 3. The number of fused-ring (bicyclic) bond motifs is 2. The summed E-state index contributed by atoms with van der Waals surface area (Å²) in [5.41, 5.74) is 2.33. The van der Waals surface area contributed by atoms with Crippen LogP contribution in [0.15, 0.2) is 48.5 Å². The number of nitrogens with zero attached hydrogens (tertiary/aromatic N) is 2. The molecule has 6 nitrogen and oxygen atoms in total. The Morgan fingerprint density at radius 1 is 1.12 bits per heavy atom. The van der Waals surface area contributed by atoms with Gasteiger partial charge in [0.15, 0.2) is 0 Å². The van der Waals surface area contributed by atoms with Crippen LogP contribution in [0.4, 0.5) is 14.9 Å². The Balaban J connectivity index is 1.41. The van der Waals surface area contributed by atoms with Gasteiger partial charge in [-0.2, -0.15) is 0 Å². The second-order valence-corrected chi connectivity index (χ2v) is 8.94. The van der Waals surface area contributed by atoms with Gasteiger partial charge >= 0.3 is 6.03 Å². The molecule has 4 rings (SSSR count). The van der Waals surface area contributed by atoms with Crippen LogP contribution >= 0.6 is 11.6 Å². The molecule has 8 heteroatoms. The lowest BCUT2D eigenvalue weighted by Crippen LogP contribution is -2.55. The number of piperazine rings is 1. The monoisotopic (exact) mass is 470 g/mol. The molecule has 3 amide bonds. The molecule has 0 saturated carbocycles. The number of carbonyl (C=O) groups is 2. The van der Waals surface area contributed by atoms with Crippen molar-refractivity contribution in [2.45, 2.75) is 38.4 Å². The number of likely N-dealkylation sites (tertiary alicyclic amines) is 1. The van der Waals surface area contributed by atoms with Gasteiger partial charge in [0.05, 0.1) is 5.69 Å². The van der Waals surface area contributed by atoms with E-state index in [-0.39, 0.29) is 29.8 Å². The lowest BCUT2D eigenvalue weighted by atomic mass is 10.1. The van der Waals surface area contributed by atoms with E-state index in [2.05, 4.69) is 15.5 Å². The highest BCUT2D eigenvalue weighted by molar-refractivity contribution is 6.31. The average molecular weight is 471 g/mol. The minimum atomic E-state index is -0.323. The summed E-state index contributed by atoms with van der Waals surface area (Å²) in [4.78, 5) is 29.4. The number of anilines is 1. The normalized spacial score (nSPS) is 20.3. The molecule has 2 aliphatic heterocycles. The molecule has 2 bridgehead atoms. The number of hydrogen-bond donors (Lipinski definition) is 2. The van der Waals surface area contributed by atoms with Gasteiger partial charge in [-0.1, -0.05) is 29.8 Å². The molecule has 2 aromatic carbocycles. The molecule has 0 spiro atoms. The van der Waals surface area contributed by atoms with Crippen LogP contribution in [-0.2, 0) is 11.3 Å². The first-order chi connectivity index (χ1) is 15.9. The van der Waals surface area contributed by atoms with Gasteiger partial charge in [0.25, 0.3) is 0 Å². The third-order valence-electron chi connectivity index (χ3n) is 6.14. The van der Waals surface area contributed by atoms with Crippen LogP contribution in [0.5, 0.6) is 0 Å². The van der Waals surface area contributed by atoms with Gasteiger partial charge in [-0.15, -0.1) is 0 Å². The minimum Gasteiger partial charge on any atom is -0.338 e. The number of halogens is 2. The van der Waals surface area contributed by atoms with E-state index in [0.29, 0.717) is 22.8 Å². The molecule has 2 aromatic rings. The topological polar surface area (TPSA) is 64.7 Å². The molecule has 174 valence electrons. The zero-order chi connectivity index (χ0) is 23.4. The van der Waals surface area contributed by atoms with Crippen LogP contribution in [0.1, 0.15) is 30.9 Å². The molecule has 2 unspecified atom stereocenters. The summed E-state index contributed by atoms with van der Waals surface area (Å²) in [6, 6.07) is 11.8. The number of hydrogen-bond acceptors (Lipinski definition) is 3.